The molecular weight excluding hydrogens is 266 g/mol. The van der Waals surface area contributed by atoms with Crippen LogP contribution in [0.1, 0.15) is 12.5 Å². The van der Waals surface area contributed by atoms with Gasteiger partial charge in [0.05, 0.1) is 5.71 Å². The summed E-state index contributed by atoms with van der Waals surface area (Å²) in [4.78, 5) is 12.4. The van der Waals surface area contributed by atoms with Crippen molar-refractivity contribution >= 4 is 17.3 Å². The van der Waals surface area contributed by atoms with Gasteiger partial charge in [0.15, 0.2) is 5.54 Å². The molecule has 0 fully saturated rings. The average Bonchev–Trinajstić information content (AvgIpc) is 2.55. The lowest BCUT2D eigenvalue weighted by molar-refractivity contribution is -0.122. The number of hydroxylamine groups is 1. The molecule has 0 heterocycles. The van der Waals surface area contributed by atoms with Crippen molar-refractivity contribution in [3.63, 3.8) is 0 Å². The van der Waals surface area contributed by atoms with Crippen molar-refractivity contribution in [2.75, 3.05) is 5.32 Å². The normalized spacial score (nSPS) is 13.2. The average molecular weight is 283 g/mol. The molecule has 0 aliphatic carbocycles. The largest absolute Gasteiger partial charge is 0.324 e. The van der Waals surface area contributed by atoms with Crippen LogP contribution in [0.3, 0.4) is 0 Å². The van der Waals surface area contributed by atoms with Crippen LogP contribution in [0.5, 0.6) is 0 Å². The molecule has 0 saturated carbocycles. The van der Waals surface area contributed by atoms with Crippen LogP contribution >= 0.6 is 0 Å². The molecule has 21 heavy (non-hydrogen) atoms. The summed E-state index contributed by atoms with van der Waals surface area (Å²) in [6.45, 7) is 1.46. The van der Waals surface area contributed by atoms with E-state index in [1.165, 1.54) is 6.92 Å². The Bertz CT molecular complexity index is 628. The highest BCUT2D eigenvalue weighted by Gasteiger charge is 2.38. The van der Waals surface area contributed by atoms with Gasteiger partial charge in [-0.1, -0.05) is 48.5 Å². The number of anilines is 1. The van der Waals surface area contributed by atoms with Gasteiger partial charge in [0, 0.05) is 5.69 Å². The minimum absolute atomic E-state index is 0.0148. The predicted molar refractivity (Wildman–Crippen MR) is 81.7 cm³/mol. The quantitative estimate of drug-likeness (QED) is 0.502. The van der Waals surface area contributed by atoms with Crippen LogP contribution in [0.25, 0.3) is 0 Å². The molecule has 108 valence electrons. The first kappa shape index (κ1) is 14.9. The molecule has 1 atom stereocenters. The van der Waals surface area contributed by atoms with E-state index in [1.807, 2.05) is 17.6 Å². The number of carbonyl (C=O) groups is 1. The molecule has 5 nitrogen and oxygen atoms in total. The molecule has 0 spiro atoms. The summed E-state index contributed by atoms with van der Waals surface area (Å²) in [6, 6.07) is 17.7. The molecular formula is C16H17N3O2. The van der Waals surface area contributed by atoms with E-state index in [1.54, 1.807) is 48.5 Å². The number of para-hydroxylation sites is 1. The van der Waals surface area contributed by atoms with Gasteiger partial charge in [0.25, 0.3) is 5.91 Å². The lowest BCUT2D eigenvalue weighted by Crippen LogP contribution is -2.57. The number of nitrogens with one attached hydrogen (secondary N) is 3. The number of rotatable bonds is 5. The van der Waals surface area contributed by atoms with Gasteiger partial charge in [-0.3, -0.25) is 4.79 Å². The summed E-state index contributed by atoms with van der Waals surface area (Å²) in [7, 11) is 0. The summed E-state index contributed by atoms with van der Waals surface area (Å²) in [5.74, 6) is -0.509. The molecule has 2 aromatic rings. The highest BCUT2D eigenvalue weighted by Crippen LogP contribution is 2.16. The summed E-state index contributed by atoms with van der Waals surface area (Å²) in [6.07, 6.45) is 0. The van der Waals surface area contributed by atoms with Crippen molar-refractivity contribution in [2.24, 2.45) is 0 Å². The second-order valence-corrected chi connectivity index (χ2v) is 4.80. The molecule has 0 bridgehead atoms. The minimum atomic E-state index is -1.54. The van der Waals surface area contributed by atoms with Crippen LogP contribution in [0.2, 0.25) is 0 Å². The Morgan fingerprint density at radius 1 is 1.05 bits per heavy atom. The van der Waals surface area contributed by atoms with Gasteiger partial charge >= 0.3 is 0 Å². The van der Waals surface area contributed by atoms with Crippen LogP contribution in [-0.2, 0) is 4.79 Å². The third kappa shape index (κ3) is 3.16. The fraction of sp³-hybridized carbons (Fsp3) is 0.125. The maximum Gasteiger partial charge on any atom is 0.252 e. The van der Waals surface area contributed by atoms with Crippen molar-refractivity contribution in [2.45, 2.75) is 12.5 Å². The molecule has 0 radical (unpaired) electrons. The zero-order valence-electron chi connectivity index (χ0n) is 11.6. The van der Waals surface area contributed by atoms with Crippen LogP contribution < -0.4 is 10.8 Å². The lowest BCUT2D eigenvalue weighted by atomic mass is 9.90. The van der Waals surface area contributed by atoms with E-state index in [4.69, 9.17) is 5.41 Å². The zero-order valence-corrected chi connectivity index (χ0v) is 11.6. The number of hydrogen-bond donors (Lipinski definition) is 4. The van der Waals surface area contributed by atoms with Crippen LogP contribution in [0, 0.1) is 5.41 Å². The highest BCUT2D eigenvalue weighted by atomic mass is 16.5. The summed E-state index contributed by atoms with van der Waals surface area (Å²) >= 11 is 0. The fourth-order valence-electron chi connectivity index (χ4n) is 1.89. The van der Waals surface area contributed by atoms with Crippen LogP contribution in [-0.4, -0.2) is 22.4 Å². The van der Waals surface area contributed by atoms with Gasteiger partial charge in [-0.25, -0.2) is 0 Å². The first-order valence-corrected chi connectivity index (χ1v) is 6.50. The first-order chi connectivity index (χ1) is 10.1. The highest BCUT2D eigenvalue weighted by molar-refractivity contribution is 6.21. The molecule has 1 unspecified atom stereocenters. The Hall–Kier alpha value is -2.50. The third-order valence-corrected chi connectivity index (χ3v) is 3.27. The molecule has 0 aliphatic rings. The van der Waals surface area contributed by atoms with Gasteiger partial charge in [-0.2, -0.15) is 5.48 Å². The molecule has 0 saturated heterocycles. The molecule has 0 aliphatic heterocycles. The third-order valence-electron chi connectivity index (χ3n) is 3.27. The van der Waals surface area contributed by atoms with Gasteiger partial charge in [-0.15, -0.1) is 0 Å². The molecule has 0 aromatic heterocycles. The topological polar surface area (TPSA) is 85.2 Å². The summed E-state index contributed by atoms with van der Waals surface area (Å²) in [5.41, 5.74) is 1.56. The van der Waals surface area contributed by atoms with E-state index in [2.05, 4.69) is 5.32 Å². The Balaban J connectivity index is 2.24. The van der Waals surface area contributed by atoms with Crippen molar-refractivity contribution < 1.29 is 10.0 Å². The van der Waals surface area contributed by atoms with Crippen LogP contribution in [0.15, 0.2) is 60.7 Å². The maximum absolute atomic E-state index is 12.4. The van der Waals surface area contributed by atoms with Gasteiger partial charge < -0.3 is 15.9 Å². The van der Waals surface area contributed by atoms with E-state index in [0.29, 0.717) is 11.3 Å². The van der Waals surface area contributed by atoms with E-state index in [9.17, 15) is 10.0 Å². The second-order valence-electron chi connectivity index (χ2n) is 4.80. The smallest absolute Gasteiger partial charge is 0.252 e. The van der Waals surface area contributed by atoms with E-state index >= 15 is 0 Å². The van der Waals surface area contributed by atoms with E-state index in [0.717, 1.165) is 0 Å². The number of carbonyl (C=O) groups excluding carboxylic acids is 1. The zero-order chi connectivity index (χ0) is 15.3. The minimum Gasteiger partial charge on any atom is -0.324 e. The molecule has 1 amide bonds. The van der Waals surface area contributed by atoms with Gasteiger partial charge in [0.1, 0.15) is 0 Å². The Morgan fingerprint density at radius 2 is 1.57 bits per heavy atom. The van der Waals surface area contributed by atoms with Crippen LogP contribution in [0.4, 0.5) is 5.69 Å². The number of hydrogen-bond acceptors (Lipinski definition) is 4. The summed E-state index contributed by atoms with van der Waals surface area (Å²) < 4.78 is 0. The van der Waals surface area contributed by atoms with Crippen molar-refractivity contribution in [3.05, 3.63) is 66.2 Å². The maximum atomic E-state index is 12.4. The molecule has 4 N–H and O–H groups in total. The number of amides is 1. The van der Waals surface area contributed by atoms with Crippen molar-refractivity contribution in [1.82, 2.24) is 5.48 Å². The lowest BCUT2D eigenvalue weighted by Gasteiger charge is -2.27. The van der Waals surface area contributed by atoms with Crippen molar-refractivity contribution in [1.29, 1.82) is 5.41 Å². The second kappa shape index (κ2) is 6.30. The number of benzene rings is 2. The van der Waals surface area contributed by atoms with Gasteiger partial charge in [-0.05, 0) is 24.6 Å². The first-order valence-electron chi connectivity index (χ1n) is 6.50. The Morgan fingerprint density at radius 3 is 2.10 bits per heavy atom. The SMILES string of the molecule is CC(NO)(C(=N)c1ccccc1)C(=O)Nc1ccccc1. The van der Waals surface area contributed by atoms with Gasteiger partial charge in [0.2, 0.25) is 0 Å². The monoisotopic (exact) mass is 283 g/mol. The standard InChI is InChI=1S/C16H17N3O2/c1-16(19-21,14(17)12-8-4-2-5-9-12)15(20)18-13-10-6-3-7-11-13/h2-11,17,19,21H,1H3,(H,18,20). The Kier molecular flexibility index (Phi) is 4.47. The summed E-state index contributed by atoms with van der Waals surface area (Å²) in [5, 5.41) is 20.3. The Labute approximate surface area is 123 Å². The molecule has 5 heteroatoms. The molecule has 2 aromatic carbocycles. The predicted octanol–water partition coefficient (Wildman–Crippen LogP) is 2.43. The fourth-order valence-corrected chi connectivity index (χ4v) is 1.89. The van der Waals surface area contributed by atoms with E-state index in [-0.39, 0.29) is 5.71 Å². The van der Waals surface area contributed by atoms with Crippen molar-refractivity contribution in [3.8, 4) is 0 Å². The molecule has 2 rings (SSSR count). The van der Waals surface area contributed by atoms with E-state index < -0.39 is 11.4 Å².